The van der Waals surface area contributed by atoms with Gasteiger partial charge in [-0.25, -0.2) is 0 Å². The Hall–Kier alpha value is -3.66. The molecule has 9 nitrogen and oxygen atoms in total. The minimum Gasteiger partial charge on any atom is -0.491 e. The molecule has 0 bridgehead atoms. The monoisotopic (exact) mass is 550 g/mol. The first-order valence-corrected chi connectivity index (χ1v) is 13.3. The molecule has 0 aliphatic carbocycles. The largest absolute Gasteiger partial charge is 0.491 e. The number of ether oxygens (including phenoxy) is 3. The van der Waals surface area contributed by atoms with Gasteiger partial charge in [0.15, 0.2) is 5.43 Å². The number of H-pyrrole nitrogens is 1. The first kappa shape index (κ1) is 26.9. The number of benzene rings is 2. The van der Waals surface area contributed by atoms with Crippen molar-refractivity contribution in [1.29, 1.82) is 0 Å². The molecule has 0 unspecified atom stereocenters. The molecule has 204 valence electrons. The number of pyridine rings is 1. The van der Waals surface area contributed by atoms with Crippen molar-refractivity contribution in [3.05, 3.63) is 80.9 Å². The van der Waals surface area contributed by atoms with Crippen LogP contribution in [0.4, 0.5) is 0 Å². The Morgan fingerprint density at radius 3 is 2.64 bits per heavy atom. The number of nitrogens with one attached hydrogen (secondary N) is 2. The lowest BCUT2D eigenvalue weighted by atomic mass is 9.99. The third-order valence-corrected chi connectivity index (χ3v) is 7.21. The third kappa shape index (κ3) is 6.00. The molecule has 39 heavy (non-hydrogen) atoms. The van der Waals surface area contributed by atoms with Gasteiger partial charge in [-0.2, -0.15) is 5.10 Å². The van der Waals surface area contributed by atoms with Gasteiger partial charge in [0, 0.05) is 44.0 Å². The fourth-order valence-corrected chi connectivity index (χ4v) is 5.12. The molecule has 0 spiro atoms. The van der Waals surface area contributed by atoms with E-state index in [2.05, 4.69) is 21.5 Å². The number of methoxy groups -OCH3 is 1. The van der Waals surface area contributed by atoms with Gasteiger partial charge in [-0.3, -0.25) is 14.3 Å². The fourth-order valence-electron chi connectivity index (χ4n) is 4.81. The molecule has 5 rings (SSSR count). The standard InChI is InChI=1S/C29H31ClN4O5/c1-18-13-27(35)25(28(30)33-18)16-31-29(36)23-14-20(19-3-5-22(6-4-19)39-12-11-37-2)15-26-24(23)17-32-34(26)21-7-9-38-10-8-21/h3-6,13-15,17,21H,7-12,16H2,1-2H3,(H,31,36)(H,33,35). The molecular weight excluding hydrogens is 520 g/mol. The van der Waals surface area contributed by atoms with E-state index in [0.717, 1.165) is 40.6 Å². The molecule has 2 N–H and O–H groups in total. The van der Waals surface area contributed by atoms with Crippen LogP contribution in [-0.2, 0) is 16.0 Å². The van der Waals surface area contributed by atoms with Gasteiger partial charge in [-0.05, 0) is 55.2 Å². The summed E-state index contributed by atoms with van der Waals surface area (Å²) in [6.45, 7) is 4.08. The zero-order chi connectivity index (χ0) is 27.4. The molecule has 1 saturated heterocycles. The predicted octanol–water partition coefficient (Wildman–Crippen LogP) is 4.66. The number of carbonyl (C=O) groups is 1. The minimum atomic E-state index is -0.316. The molecule has 1 amide bonds. The van der Waals surface area contributed by atoms with Crippen LogP contribution in [0.3, 0.4) is 0 Å². The molecule has 1 aliphatic rings. The van der Waals surface area contributed by atoms with E-state index >= 15 is 0 Å². The molecule has 10 heteroatoms. The Balaban J connectivity index is 1.50. The van der Waals surface area contributed by atoms with Gasteiger partial charge >= 0.3 is 0 Å². The van der Waals surface area contributed by atoms with Gasteiger partial charge in [0.25, 0.3) is 5.91 Å². The number of fused-ring (bicyclic) bond motifs is 1. The van der Waals surface area contributed by atoms with Crippen molar-refractivity contribution in [1.82, 2.24) is 20.1 Å². The van der Waals surface area contributed by atoms with Crippen LogP contribution < -0.4 is 15.5 Å². The molecule has 3 heterocycles. The molecule has 1 aliphatic heterocycles. The summed E-state index contributed by atoms with van der Waals surface area (Å²) in [6.07, 6.45) is 3.44. The zero-order valence-corrected chi connectivity index (χ0v) is 22.7. The van der Waals surface area contributed by atoms with Crippen LogP contribution in [0.5, 0.6) is 5.75 Å². The summed E-state index contributed by atoms with van der Waals surface area (Å²) < 4.78 is 18.3. The highest BCUT2D eigenvalue weighted by molar-refractivity contribution is 6.30. The van der Waals surface area contributed by atoms with E-state index in [4.69, 9.17) is 25.8 Å². The number of halogens is 1. The number of hydrogen-bond donors (Lipinski definition) is 2. The van der Waals surface area contributed by atoms with E-state index < -0.39 is 0 Å². The van der Waals surface area contributed by atoms with Gasteiger partial charge in [0.2, 0.25) is 0 Å². The van der Waals surface area contributed by atoms with Crippen molar-refractivity contribution in [3.63, 3.8) is 0 Å². The second-order valence-electron chi connectivity index (χ2n) is 9.55. The first-order chi connectivity index (χ1) is 18.9. The molecule has 2 aromatic heterocycles. The Morgan fingerprint density at radius 1 is 1.15 bits per heavy atom. The van der Waals surface area contributed by atoms with Crippen LogP contribution in [0, 0.1) is 6.92 Å². The second kappa shape index (κ2) is 12.0. The highest BCUT2D eigenvalue weighted by atomic mass is 35.5. The summed E-state index contributed by atoms with van der Waals surface area (Å²) in [6, 6.07) is 13.3. The topological polar surface area (TPSA) is 107 Å². The number of rotatable bonds is 9. The Morgan fingerprint density at radius 2 is 1.92 bits per heavy atom. The van der Waals surface area contributed by atoms with Crippen molar-refractivity contribution in [2.75, 3.05) is 33.5 Å². The fraction of sp³-hybridized carbons (Fsp3) is 0.345. The molecule has 0 saturated carbocycles. The predicted molar refractivity (Wildman–Crippen MR) is 150 cm³/mol. The average Bonchev–Trinajstić information content (AvgIpc) is 3.37. The zero-order valence-electron chi connectivity index (χ0n) is 22.0. The lowest BCUT2D eigenvalue weighted by Crippen LogP contribution is -2.27. The highest BCUT2D eigenvalue weighted by Crippen LogP contribution is 2.32. The normalized spacial score (nSPS) is 14.0. The number of aromatic amines is 1. The summed E-state index contributed by atoms with van der Waals surface area (Å²) in [4.78, 5) is 28.9. The van der Waals surface area contributed by atoms with Crippen molar-refractivity contribution in [3.8, 4) is 16.9 Å². The van der Waals surface area contributed by atoms with Crippen molar-refractivity contribution >= 4 is 28.4 Å². The van der Waals surface area contributed by atoms with E-state index in [-0.39, 0.29) is 29.1 Å². The van der Waals surface area contributed by atoms with Crippen molar-refractivity contribution in [2.45, 2.75) is 32.4 Å². The number of amides is 1. The van der Waals surface area contributed by atoms with Gasteiger partial charge in [0.1, 0.15) is 17.5 Å². The summed E-state index contributed by atoms with van der Waals surface area (Å²) in [5.74, 6) is 0.422. The SMILES string of the molecule is COCCOc1ccc(-c2cc(C(=O)NCc3c(Cl)[nH]c(C)cc3=O)c3cnn(C4CCOCC4)c3c2)cc1. The van der Waals surface area contributed by atoms with Crippen LogP contribution in [0.2, 0.25) is 5.15 Å². The Bertz CT molecular complexity index is 1520. The Labute approximate surface area is 231 Å². The van der Waals surface area contributed by atoms with Gasteiger partial charge in [0.05, 0.1) is 35.5 Å². The molecule has 2 aromatic carbocycles. The van der Waals surface area contributed by atoms with E-state index in [9.17, 15) is 9.59 Å². The van der Waals surface area contributed by atoms with E-state index in [1.165, 1.54) is 6.07 Å². The second-order valence-corrected chi connectivity index (χ2v) is 9.92. The molecule has 4 aromatic rings. The van der Waals surface area contributed by atoms with Crippen LogP contribution in [0.25, 0.3) is 22.0 Å². The van der Waals surface area contributed by atoms with E-state index in [1.807, 2.05) is 35.0 Å². The lowest BCUT2D eigenvalue weighted by molar-refractivity contribution is 0.0675. The van der Waals surface area contributed by atoms with Crippen LogP contribution >= 0.6 is 11.6 Å². The number of aryl methyl sites for hydroxylation is 1. The first-order valence-electron chi connectivity index (χ1n) is 12.9. The summed E-state index contributed by atoms with van der Waals surface area (Å²) in [7, 11) is 1.63. The smallest absolute Gasteiger partial charge is 0.252 e. The number of aromatic nitrogens is 3. The van der Waals surface area contributed by atoms with Crippen LogP contribution in [-0.4, -0.2) is 54.2 Å². The van der Waals surface area contributed by atoms with Crippen molar-refractivity contribution < 1.29 is 19.0 Å². The van der Waals surface area contributed by atoms with Crippen molar-refractivity contribution in [2.24, 2.45) is 0 Å². The minimum absolute atomic E-state index is 0.000607. The highest BCUT2D eigenvalue weighted by Gasteiger charge is 2.22. The average molecular weight is 551 g/mol. The molecular formula is C29H31ClN4O5. The number of carbonyl (C=O) groups excluding carboxylic acids is 1. The van der Waals surface area contributed by atoms with E-state index in [0.29, 0.717) is 43.2 Å². The van der Waals surface area contributed by atoms with Gasteiger partial charge in [-0.1, -0.05) is 23.7 Å². The summed E-state index contributed by atoms with van der Waals surface area (Å²) >= 11 is 6.26. The van der Waals surface area contributed by atoms with Gasteiger partial charge < -0.3 is 24.5 Å². The number of nitrogens with zero attached hydrogens (tertiary/aromatic N) is 2. The van der Waals surface area contributed by atoms with Gasteiger partial charge in [-0.15, -0.1) is 0 Å². The van der Waals surface area contributed by atoms with E-state index in [1.54, 1.807) is 20.2 Å². The quantitative estimate of drug-likeness (QED) is 0.232. The third-order valence-electron chi connectivity index (χ3n) is 6.88. The molecule has 0 radical (unpaired) electrons. The van der Waals surface area contributed by atoms with Crippen LogP contribution in [0.15, 0.2) is 53.5 Å². The summed E-state index contributed by atoms with van der Waals surface area (Å²) in [5, 5.41) is 8.53. The molecule has 1 fully saturated rings. The maximum Gasteiger partial charge on any atom is 0.252 e. The number of hydrogen-bond acceptors (Lipinski definition) is 6. The molecule has 0 atom stereocenters. The lowest BCUT2D eigenvalue weighted by Gasteiger charge is -2.23. The van der Waals surface area contributed by atoms with Crippen LogP contribution in [0.1, 0.15) is 40.5 Å². The Kier molecular flexibility index (Phi) is 8.30. The maximum atomic E-state index is 13.5. The maximum absolute atomic E-state index is 13.5. The summed E-state index contributed by atoms with van der Waals surface area (Å²) in [5.41, 5.74) is 3.89.